The van der Waals surface area contributed by atoms with E-state index in [9.17, 15) is 9.59 Å². The number of nitrogens with zero attached hydrogens (tertiary/aromatic N) is 2. The van der Waals surface area contributed by atoms with Crippen LogP contribution in [0.1, 0.15) is 27.6 Å². The van der Waals surface area contributed by atoms with E-state index in [2.05, 4.69) is 22.1 Å². The summed E-state index contributed by atoms with van der Waals surface area (Å²) in [6.45, 7) is 3.30. The Morgan fingerprint density at radius 1 is 1.33 bits per heavy atom. The van der Waals surface area contributed by atoms with E-state index in [-0.39, 0.29) is 46.8 Å². The third-order valence-electron chi connectivity index (χ3n) is 5.14. The van der Waals surface area contributed by atoms with Crippen molar-refractivity contribution in [2.45, 2.75) is 12.8 Å². The fourth-order valence-corrected chi connectivity index (χ4v) is 3.82. The number of likely N-dealkylation sites (tertiary alicyclic amines) is 1. The van der Waals surface area contributed by atoms with E-state index in [0.29, 0.717) is 31.0 Å². The molecule has 0 radical (unpaired) electrons. The monoisotopic (exact) mass is 388 g/mol. The largest absolute Gasteiger partial charge is 0.442 e. The maximum Gasteiger partial charge on any atom is 0.262 e. The highest BCUT2D eigenvalue weighted by atomic mass is 35.5. The quantitative estimate of drug-likeness (QED) is 0.714. The molecule has 8 heteroatoms. The minimum atomic E-state index is -0.371. The van der Waals surface area contributed by atoms with Crippen LogP contribution in [-0.2, 0) is 0 Å². The summed E-state index contributed by atoms with van der Waals surface area (Å²) in [7, 11) is 0. The first-order chi connectivity index (χ1) is 12.6. The zero-order valence-electron chi connectivity index (χ0n) is 14.8. The molecule has 1 fully saturated rings. The number of nitrogens with two attached hydrogens (primary N) is 1. The van der Waals surface area contributed by atoms with Gasteiger partial charge in [-0.2, -0.15) is 0 Å². The number of furan rings is 1. The van der Waals surface area contributed by atoms with Gasteiger partial charge in [0, 0.05) is 19.0 Å². The van der Waals surface area contributed by atoms with Crippen LogP contribution in [0, 0.1) is 12.8 Å². The SMILES string of the molecule is Cc1oc2nc[nH]c(=O)c2c1C(=O)N1C[C@@H](CN)[C@H](c2ccccc2)C1.Cl. The number of benzene rings is 1. The first-order valence-electron chi connectivity index (χ1n) is 8.61. The van der Waals surface area contributed by atoms with E-state index in [1.807, 2.05) is 18.2 Å². The fourth-order valence-electron chi connectivity index (χ4n) is 3.82. The van der Waals surface area contributed by atoms with Crippen LogP contribution in [0.15, 0.2) is 45.9 Å². The Hall–Kier alpha value is -2.64. The Morgan fingerprint density at radius 2 is 2.07 bits per heavy atom. The molecule has 2 aromatic heterocycles. The zero-order chi connectivity index (χ0) is 18.3. The summed E-state index contributed by atoms with van der Waals surface area (Å²) in [5.74, 6) is 0.551. The molecule has 0 spiro atoms. The summed E-state index contributed by atoms with van der Waals surface area (Å²) in [5.41, 5.74) is 7.24. The molecule has 7 nitrogen and oxygen atoms in total. The summed E-state index contributed by atoms with van der Waals surface area (Å²) in [5, 5.41) is 0.211. The molecule has 0 bridgehead atoms. The maximum atomic E-state index is 13.2. The van der Waals surface area contributed by atoms with Crippen molar-refractivity contribution in [1.82, 2.24) is 14.9 Å². The van der Waals surface area contributed by atoms with E-state index in [4.69, 9.17) is 10.2 Å². The number of carbonyl (C=O) groups is 1. The van der Waals surface area contributed by atoms with Gasteiger partial charge >= 0.3 is 0 Å². The average molecular weight is 389 g/mol. The number of aromatic amines is 1. The lowest BCUT2D eigenvalue weighted by Gasteiger charge is -2.16. The van der Waals surface area contributed by atoms with Crippen LogP contribution in [0.4, 0.5) is 0 Å². The minimum absolute atomic E-state index is 0. The van der Waals surface area contributed by atoms with E-state index >= 15 is 0 Å². The van der Waals surface area contributed by atoms with Gasteiger partial charge in [-0.15, -0.1) is 12.4 Å². The van der Waals surface area contributed by atoms with Crippen molar-refractivity contribution in [3.05, 3.63) is 63.9 Å². The molecule has 1 aliphatic heterocycles. The van der Waals surface area contributed by atoms with Crippen LogP contribution in [0.3, 0.4) is 0 Å². The summed E-state index contributed by atoms with van der Waals surface area (Å²) < 4.78 is 5.52. The van der Waals surface area contributed by atoms with Gasteiger partial charge in [0.2, 0.25) is 5.71 Å². The first kappa shape index (κ1) is 19.1. The van der Waals surface area contributed by atoms with Gasteiger partial charge in [-0.25, -0.2) is 4.98 Å². The van der Waals surface area contributed by atoms with Crippen molar-refractivity contribution >= 4 is 29.4 Å². The lowest BCUT2D eigenvalue weighted by molar-refractivity contribution is 0.0786. The number of aromatic nitrogens is 2. The first-order valence-corrected chi connectivity index (χ1v) is 8.61. The number of nitrogens with one attached hydrogen (secondary N) is 1. The maximum absolute atomic E-state index is 13.2. The number of halogens is 1. The lowest BCUT2D eigenvalue weighted by atomic mass is 9.89. The Labute approximate surface area is 162 Å². The molecule has 0 saturated carbocycles. The summed E-state index contributed by atoms with van der Waals surface area (Å²) in [6, 6.07) is 10.1. The van der Waals surface area contributed by atoms with E-state index in [1.165, 1.54) is 11.9 Å². The van der Waals surface area contributed by atoms with Crippen molar-refractivity contribution < 1.29 is 9.21 Å². The second-order valence-corrected chi connectivity index (χ2v) is 6.67. The Balaban J connectivity index is 0.00000210. The topological polar surface area (TPSA) is 105 Å². The van der Waals surface area contributed by atoms with Gasteiger partial charge in [0.25, 0.3) is 11.5 Å². The van der Waals surface area contributed by atoms with Gasteiger partial charge in [0.1, 0.15) is 11.1 Å². The number of hydrogen-bond donors (Lipinski definition) is 2. The molecule has 1 aliphatic rings. The molecule has 0 aliphatic carbocycles. The van der Waals surface area contributed by atoms with Crippen LogP contribution < -0.4 is 11.3 Å². The standard InChI is InChI=1S/C19H20N4O3.ClH/c1-11-15(16-17(24)21-10-22-18(16)26-11)19(25)23-8-13(7-20)14(9-23)12-5-3-2-4-6-12;/h2-6,10,13-14H,7-9,20H2,1H3,(H,21,22,24);1H/t13-,14+;/m1./s1. The molecule has 1 aromatic carbocycles. The van der Waals surface area contributed by atoms with Crippen LogP contribution in [-0.4, -0.2) is 40.4 Å². The molecule has 3 aromatic rings. The Morgan fingerprint density at radius 3 is 2.78 bits per heavy atom. The van der Waals surface area contributed by atoms with Crippen molar-refractivity contribution in [3.8, 4) is 0 Å². The third kappa shape index (κ3) is 3.24. The van der Waals surface area contributed by atoms with E-state index in [1.54, 1.807) is 11.8 Å². The summed E-state index contributed by atoms with van der Waals surface area (Å²) in [4.78, 5) is 33.7. The number of rotatable bonds is 3. The smallest absolute Gasteiger partial charge is 0.262 e. The third-order valence-corrected chi connectivity index (χ3v) is 5.14. The highest BCUT2D eigenvalue weighted by Gasteiger charge is 2.37. The number of H-pyrrole nitrogens is 1. The highest BCUT2D eigenvalue weighted by Crippen LogP contribution is 2.34. The van der Waals surface area contributed by atoms with Gasteiger partial charge in [-0.1, -0.05) is 30.3 Å². The fraction of sp³-hybridized carbons (Fsp3) is 0.316. The van der Waals surface area contributed by atoms with Crippen molar-refractivity contribution in [2.75, 3.05) is 19.6 Å². The molecule has 0 unspecified atom stereocenters. The number of hydrogen-bond acceptors (Lipinski definition) is 5. The summed E-state index contributed by atoms with van der Waals surface area (Å²) >= 11 is 0. The molecular weight excluding hydrogens is 368 g/mol. The minimum Gasteiger partial charge on any atom is -0.442 e. The van der Waals surface area contributed by atoms with Gasteiger partial charge in [-0.3, -0.25) is 9.59 Å². The number of amides is 1. The second-order valence-electron chi connectivity index (χ2n) is 6.67. The van der Waals surface area contributed by atoms with Crippen LogP contribution in [0.2, 0.25) is 0 Å². The van der Waals surface area contributed by atoms with Crippen LogP contribution in [0.5, 0.6) is 0 Å². The normalized spacial score (nSPS) is 19.3. The molecule has 142 valence electrons. The van der Waals surface area contributed by atoms with Crippen molar-refractivity contribution in [1.29, 1.82) is 0 Å². The number of carbonyl (C=O) groups excluding carboxylic acids is 1. The molecule has 27 heavy (non-hydrogen) atoms. The second kappa shape index (κ2) is 7.54. The Bertz CT molecular complexity index is 1010. The van der Waals surface area contributed by atoms with E-state index in [0.717, 1.165) is 0 Å². The lowest BCUT2D eigenvalue weighted by Crippen LogP contribution is -2.30. The van der Waals surface area contributed by atoms with Crippen LogP contribution >= 0.6 is 12.4 Å². The van der Waals surface area contributed by atoms with E-state index < -0.39 is 0 Å². The van der Waals surface area contributed by atoms with Gasteiger partial charge in [0.15, 0.2) is 0 Å². The summed E-state index contributed by atoms with van der Waals surface area (Å²) in [6.07, 6.45) is 1.27. The predicted molar refractivity (Wildman–Crippen MR) is 104 cm³/mol. The van der Waals surface area contributed by atoms with Crippen molar-refractivity contribution in [2.24, 2.45) is 11.7 Å². The van der Waals surface area contributed by atoms with Gasteiger partial charge in [-0.05, 0) is 24.9 Å². The number of aryl methyl sites for hydroxylation is 1. The number of fused-ring (bicyclic) bond motifs is 1. The molecule has 4 rings (SSSR count). The molecular formula is C19H21ClN4O3. The average Bonchev–Trinajstić information content (AvgIpc) is 3.23. The molecule has 3 N–H and O–H groups in total. The Kier molecular flexibility index (Phi) is 5.34. The molecule has 3 heterocycles. The molecule has 1 saturated heterocycles. The highest BCUT2D eigenvalue weighted by molar-refractivity contribution is 6.06. The van der Waals surface area contributed by atoms with Gasteiger partial charge in [0.05, 0.1) is 11.9 Å². The van der Waals surface area contributed by atoms with Crippen LogP contribution in [0.25, 0.3) is 11.1 Å². The van der Waals surface area contributed by atoms with Crippen molar-refractivity contribution in [3.63, 3.8) is 0 Å². The predicted octanol–water partition coefficient (Wildman–Crippen LogP) is 2.06. The molecule has 1 amide bonds. The van der Waals surface area contributed by atoms with Gasteiger partial charge < -0.3 is 20.0 Å². The zero-order valence-corrected chi connectivity index (χ0v) is 15.7. The molecule has 2 atom stereocenters.